The number of carbonyl (C=O) groups is 1. The van der Waals surface area contributed by atoms with Crippen molar-refractivity contribution in [2.24, 2.45) is 16.6 Å². The highest BCUT2D eigenvalue weighted by Gasteiger charge is 2.14. The number of amides is 1. The average molecular weight is 282 g/mol. The summed E-state index contributed by atoms with van der Waals surface area (Å²) in [6.07, 6.45) is 0. The lowest BCUT2D eigenvalue weighted by atomic mass is 10.1. The molecule has 0 spiro atoms. The Hall–Kier alpha value is -2.48. The van der Waals surface area contributed by atoms with E-state index >= 15 is 0 Å². The van der Waals surface area contributed by atoms with Crippen LogP contribution in [0.1, 0.15) is 5.56 Å². The van der Waals surface area contributed by atoms with Gasteiger partial charge in [0.25, 0.3) is 5.91 Å². The topological polar surface area (TPSA) is 121 Å². The van der Waals surface area contributed by atoms with Crippen molar-refractivity contribution in [3.63, 3.8) is 0 Å². The molecule has 0 aliphatic rings. The minimum Gasteiger partial charge on any atom is -0.493 e. The van der Waals surface area contributed by atoms with Crippen LogP contribution in [0.3, 0.4) is 0 Å². The van der Waals surface area contributed by atoms with E-state index in [2.05, 4.69) is 4.99 Å². The molecule has 0 atom stereocenters. The molecular formula is C12H18N4O4. The molecule has 0 bridgehead atoms. The molecule has 5 N–H and O–H groups in total. The molecule has 1 aromatic rings. The number of ether oxygens (including phenoxy) is 3. The molecule has 0 aromatic heterocycles. The van der Waals surface area contributed by atoms with Gasteiger partial charge in [-0.1, -0.05) is 0 Å². The van der Waals surface area contributed by atoms with Crippen LogP contribution in [0.4, 0.5) is 0 Å². The third kappa shape index (κ3) is 3.51. The fourth-order valence-electron chi connectivity index (χ4n) is 1.52. The van der Waals surface area contributed by atoms with Gasteiger partial charge in [-0.2, -0.15) is 0 Å². The number of amidine groups is 1. The van der Waals surface area contributed by atoms with Crippen LogP contribution in [0.2, 0.25) is 0 Å². The van der Waals surface area contributed by atoms with E-state index in [1.54, 1.807) is 12.1 Å². The molecule has 8 heteroatoms. The zero-order valence-electron chi connectivity index (χ0n) is 11.6. The fourth-order valence-corrected chi connectivity index (χ4v) is 1.52. The molecule has 0 aliphatic carbocycles. The summed E-state index contributed by atoms with van der Waals surface area (Å²) in [5.41, 5.74) is 8.32. The van der Waals surface area contributed by atoms with Gasteiger partial charge in [0.15, 0.2) is 11.5 Å². The number of rotatable bonds is 6. The maximum atomic E-state index is 11.0. The van der Waals surface area contributed by atoms with Gasteiger partial charge in [-0.3, -0.25) is 15.2 Å². The van der Waals surface area contributed by atoms with Gasteiger partial charge in [-0.05, 0) is 12.1 Å². The van der Waals surface area contributed by atoms with Gasteiger partial charge in [-0.25, -0.2) is 5.84 Å². The average Bonchev–Trinajstić information content (AvgIpc) is 2.50. The summed E-state index contributed by atoms with van der Waals surface area (Å²) >= 11 is 0. The molecule has 0 radical (unpaired) electrons. The summed E-state index contributed by atoms with van der Waals surface area (Å²) in [5, 5.41) is 0. The van der Waals surface area contributed by atoms with Gasteiger partial charge in [0.05, 0.1) is 21.3 Å². The minimum absolute atomic E-state index is 0.160. The summed E-state index contributed by atoms with van der Waals surface area (Å²) in [6, 6.07) is 3.28. The van der Waals surface area contributed by atoms with Crippen LogP contribution in [-0.4, -0.2) is 39.6 Å². The standard InChI is InChI=1S/C12H18N4O4/c1-18-8-4-7(5-9(19-2)11(8)20-3)12(13)15-6-10(17)16-14/h4-5H,6,14H2,1-3H3,(H2,13,15)(H,16,17). The van der Waals surface area contributed by atoms with Gasteiger partial charge in [0, 0.05) is 5.56 Å². The second-order valence-corrected chi connectivity index (χ2v) is 3.68. The van der Waals surface area contributed by atoms with Crippen molar-refractivity contribution < 1.29 is 19.0 Å². The first kappa shape index (κ1) is 15.6. The van der Waals surface area contributed by atoms with Crippen LogP contribution in [0, 0.1) is 0 Å². The predicted molar refractivity (Wildman–Crippen MR) is 74.0 cm³/mol. The third-order valence-corrected chi connectivity index (χ3v) is 2.51. The van der Waals surface area contributed by atoms with Gasteiger partial charge in [0.1, 0.15) is 12.4 Å². The van der Waals surface area contributed by atoms with Crippen LogP contribution in [0.25, 0.3) is 0 Å². The number of methoxy groups -OCH3 is 3. The smallest absolute Gasteiger partial charge is 0.255 e. The lowest BCUT2D eigenvalue weighted by molar-refractivity contribution is -0.119. The first-order valence-electron chi connectivity index (χ1n) is 5.67. The second-order valence-electron chi connectivity index (χ2n) is 3.68. The van der Waals surface area contributed by atoms with Crippen LogP contribution in [0.5, 0.6) is 17.2 Å². The molecule has 0 unspecified atom stereocenters. The van der Waals surface area contributed by atoms with Crippen molar-refractivity contribution in [1.82, 2.24) is 5.43 Å². The van der Waals surface area contributed by atoms with E-state index in [4.69, 9.17) is 25.8 Å². The Bertz CT molecular complexity index is 491. The Balaban J connectivity index is 3.15. The van der Waals surface area contributed by atoms with Gasteiger partial charge < -0.3 is 19.9 Å². The van der Waals surface area contributed by atoms with E-state index in [0.29, 0.717) is 22.8 Å². The van der Waals surface area contributed by atoms with Crippen molar-refractivity contribution in [3.8, 4) is 17.2 Å². The highest BCUT2D eigenvalue weighted by Crippen LogP contribution is 2.38. The number of benzene rings is 1. The van der Waals surface area contributed by atoms with Crippen LogP contribution >= 0.6 is 0 Å². The van der Waals surface area contributed by atoms with Gasteiger partial charge in [-0.15, -0.1) is 0 Å². The second kappa shape index (κ2) is 7.19. The summed E-state index contributed by atoms with van der Waals surface area (Å²) in [4.78, 5) is 14.9. The maximum absolute atomic E-state index is 11.0. The predicted octanol–water partition coefficient (Wildman–Crippen LogP) is -0.592. The number of nitrogens with two attached hydrogens (primary N) is 2. The summed E-state index contributed by atoms with van der Waals surface area (Å²) in [5.74, 6) is 6.02. The Labute approximate surface area is 116 Å². The Morgan fingerprint density at radius 3 is 2.15 bits per heavy atom. The number of aliphatic imine (C=N–C) groups is 1. The van der Waals surface area contributed by atoms with Gasteiger partial charge in [0.2, 0.25) is 5.75 Å². The van der Waals surface area contributed by atoms with E-state index < -0.39 is 5.91 Å². The molecular weight excluding hydrogens is 264 g/mol. The molecule has 0 fully saturated rings. The lowest BCUT2D eigenvalue weighted by Crippen LogP contribution is -2.32. The quantitative estimate of drug-likeness (QED) is 0.211. The molecule has 1 rings (SSSR count). The summed E-state index contributed by atoms with van der Waals surface area (Å²) in [7, 11) is 4.50. The lowest BCUT2D eigenvalue weighted by Gasteiger charge is -2.13. The molecule has 1 aromatic carbocycles. The number of carbonyl (C=O) groups excluding carboxylic acids is 1. The van der Waals surface area contributed by atoms with Crippen molar-refractivity contribution >= 4 is 11.7 Å². The van der Waals surface area contributed by atoms with E-state index in [9.17, 15) is 4.79 Å². The first-order valence-corrected chi connectivity index (χ1v) is 5.67. The first-order chi connectivity index (χ1) is 9.57. The van der Waals surface area contributed by atoms with Crippen molar-refractivity contribution in [3.05, 3.63) is 17.7 Å². The molecule has 110 valence electrons. The normalized spacial score (nSPS) is 10.9. The van der Waals surface area contributed by atoms with Crippen molar-refractivity contribution in [2.75, 3.05) is 27.9 Å². The Morgan fingerprint density at radius 2 is 1.75 bits per heavy atom. The Kier molecular flexibility index (Phi) is 5.60. The monoisotopic (exact) mass is 282 g/mol. The summed E-state index contributed by atoms with van der Waals surface area (Å²) in [6.45, 7) is -0.168. The highest BCUT2D eigenvalue weighted by atomic mass is 16.5. The molecule has 0 heterocycles. The van der Waals surface area contributed by atoms with E-state index in [0.717, 1.165) is 0 Å². The third-order valence-electron chi connectivity index (χ3n) is 2.51. The van der Waals surface area contributed by atoms with E-state index in [-0.39, 0.29) is 12.4 Å². The van der Waals surface area contributed by atoms with Crippen molar-refractivity contribution in [2.45, 2.75) is 0 Å². The van der Waals surface area contributed by atoms with Crippen LogP contribution in [-0.2, 0) is 4.79 Å². The SMILES string of the molecule is COc1cc(C(N)=NCC(=O)NN)cc(OC)c1OC. The number of nitrogens with zero attached hydrogens (tertiary/aromatic N) is 1. The molecule has 1 amide bonds. The molecule has 20 heavy (non-hydrogen) atoms. The van der Waals surface area contributed by atoms with Crippen LogP contribution < -0.4 is 31.2 Å². The zero-order valence-corrected chi connectivity index (χ0v) is 11.6. The van der Waals surface area contributed by atoms with Crippen molar-refractivity contribution in [1.29, 1.82) is 0 Å². The minimum atomic E-state index is -0.444. The fraction of sp³-hybridized carbons (Fsp3) is 0.333. The largest absolute Gasteiger partial charge is 0.493 e. The molecule has 8 nitrogen and oxygen atoms in total. The van der Waals surface area contributed by atoms with E-state index in [1.165, 1.54) is 21.3 Å². The summed E-state index contributed by atoms with van der Waals surface area (Å²) < 4.78 is 15.6. The number of hydrogen-bond acceptors (Lipinski definition) is 6. The molecule has 0 saturated heterocycles. The molecule has 0 aliphatic heterocycles. The zero-order chi connectivity index (χ0) is 15.1. The number of hydrazine groups is 1. The van der Waals surface area contributed by atoms with Crippen LogP contribution in [0.15, 0.2) is 17.1 Å². The van der Waals surface area contributed by atoms with Gasteiger partial charge >= 0.3 is 0 Å². The Morgan fingerprint density at radius 1 is 1.20 bits per heavy atom. The molecule has 0 saturated carbocycles. The number of hydrogen-bond donors (Lipinski definition) is 3. The number of nitrogens with one attached hydrogen (secondary N) is 1. The van der Waals surface area contributed by atoms with E-state index in [1.807, 2.05) is 5.43 Å². The maximum Gasteiger partial charge on any atom is 0.255 e. The highest BCUT2D eigenvalue weighted by molar-refractivity contribution is 5.99.